The van der Waals surface area contributed by atoms with Gasteiger partial charge < -0.3 is 14.4 Å². The van der Waals surface area contributed by atoms with Gasteiger partial charge in [0.2, 0.25) is 0 Å². The van der Waals surface area contributed by atoms with Crippen molar-refractivity contribution in [2.75, 3.05) is 19.1 Å². The van der Waals surface area contributed by atoms with Gasteiger partial charge in [-0.3, -0.25) is 0 Å². The van der Waals surface area contributed by atoms with E-state index in [1.807, 2.05) is 0 Å². The molecular weight excluding hydrogens is 246 g/mol. The first kappa shape index (κ1) is 15.9. The molecule has 0 aromatic carbocycles. The number of sulfone groups is 1. The molecule has 0 saturated heterocycles. The maximum atomic E-state index is 11.6. The largest absolute Gasteiger partial charge is 0.444 e. The standard InChI is InChI=1S/C10H19NO5S/c1-10(2,3)16-9(13)11(4)8(6-12)7-17(5,14)15/h6,8H,7H2,1-5H3. The van der Waals surface area contributed by atoms with E-state index in [0.717, 1.165) is 11.2 Å². The Morgan fingerprint density at radius 3 is 2.18 bits per heavy atom. The van der Waals surface area contributed by atoms with E-state index in [-0.39, 0.29) is 0 Å². The summed E-state index contributed by atoms with van der Waals surface area (Å²) >= 11 is 0. The summed E-state index contributed by atoms with van der Waals surface area (Å²) in [5.41, 5.74) is -0.691. The number of hydrogen-bond acceptors (Lipinski definition) is 5. The molecule has 0 N–H and O–H groups in total. The quantitative estimate of drug-likeness (QED) is 0.690. The van der Waals surface area contributed by atoms with Crippen LogP contribution in [0.15, 0.2) is 0 Å². The minimum atomic E-state index is -3.34. The second-order valence-electron chi connectivity index (χ2n) is 4.89. The van der Waals surface area contributed by atoms with Crippen molar-refractivity contribution in [3.05, 3.63) is 0 Å². The monoisotopic (exact) mass is 265 g/mol. The molecule has 0 saturated carbocycles. The molecule has 0 heterocycles. The van der Waals surface area contributed by atoms with Crippen LogP contribution in [0.2, 0.25) is 0 Å². The number of rotatable bonds is 4. The van der Waals surface area contributed by atoms with Crippen LogP contribution in [0.3, 0.4) is 0 Å². The number of aldehydes is 1. The molecule has 6 nitrogen and oxygen atoms in total. The van der Waals surface area contributed by atoms with E-state index in [0.29, 0.717) is 6.29 Å². The van der Waals surface area contributed by atoms with Crippen LogP contribution in [0.25, 0.3) is 0 Å². The molecule has 0 spiro atoms. The first-order chi connectivity index (χ1) is 7.46. The van der Waals surface area contributed by atoms with Gasteiger partial charge >= 0.3 is 6.09 Å². The van der Waals surface area contributed by atoms with E-state index in [9.17, 15) is 18.0 Å². The average molecular weight is 265 g/mol. The summed E-state index contributed by atoms with van der Waals surface area (Å²) in [6, 6.07) is -1.03. The smallest absolute Gasteiger partial charge is 0.410 e. The van der Waals surface area contributed by atoms with Crippen molar-refractivity contribution in [3.8, 4) is 0 Å². The molecule has 0 fully saturated rings. The molecule has 0 aliphatic rings. The van der Waals surface area contributed by atoms with Gasteiger partial charge in [0.25, 0.3) is 0 Å². The van der Waals surface area contributed by atoms with E-state index >= 15 is 0 Å². The first-order valence-electron chi connectivity index (χ1n) is 5.05. The number of nitrogens with zero attached hydrogens (tertiary/aromatic N) is 1. The van der Waals surface area contributed by atoms with E-state index in [1.54, 1.807) is 20.8 Å². The second-order valence-corrected chi connectivity index (χ2v) is 7.07. The maximum Gasteiger partial charge on any atom is 0.410 e. The summed E-state index contributed by atoms with van der Waals surface area (Å²) in [7, 11) is -2.01. The highest BCUT2D eigenvalue weighted by Gasteiger charge is 2.27. The van der Waals surface area contributed by atoms with Gasteiger partial charge in [0.1, 0.15) is 27.8 Å². The van der Waals surface area contributed by atoms with Crippen molar-refractivity contribution >= 4 is 22.2 Å². The second kappa shape index (κ2) is 5.48. The van der Waals surface area contributed by atoms with Gasteiger partial charge in [0.05, 0.1) is 5.75 Å². The van der Waals surface area contributed by atoms with Gasteiger partial charge in [-0.15, -0.1) is 0 Å². The van der Waals surface area contributed by atoms with E-state index in [1.165, 1.54) is 7.05 Å². The Morgan fingerprint density at radius 1 is 1.41 bits per heavy atom. The van der Waals surface area contributed by atoms with E-state index < -0.39 is 33.3 Å². The molecule has 1 atom stereocenters. The summed E-state index contributed by atoms with van der Waals surface area (Å²) in [4.78, 5) is 23.4. The number of hydrogen-bond donors (Lipinski definition) is 0. The molecule has 100 valence electrons. The Morgan fingerprint density at radius 2 is 1.88 bits per heavy atom. The van der Waals surface area contributed by atoms with Crippen molar-refractivity contribution in [2.45, 2.75) is 32.4 Å². The zero-order valence-electron chi connectivity index (χ0n) is 10.8. The Kier molecular flexibility index (Phi) is 5.12. The van der Waals surface area contributed by atoms with Gasteiger partial charge in [0.15, 0.2) is 0 Å². The van der Waals surface area contributed by atoms with Crippen LogP contribution in [-0.4, -0.2) is 56.4 Å². The lowest BCUT2D eigenvalue weighted by Crippen LogP contribution is -2.44. The number of carbonyl (C=O) groups excluding carboxylic acids is 2. The van der Waals surface area contributed by atoms with Crippen LogP contribution in [0, 0.1) is 0 Å². The van der Waals surface area contributed by atoms with Crippen molar-refractivity contribution in [1.29, 1.82) is 0 Å². The van der Waals surface area contributed by atoms with E-state index in [2.05, 4.69) is 0 Å². The van der Waals surface area contributed by atoms with Crippen molar-refractivity contribution in [3.63, 3.8) is 0 Å². The van der Waals surface area contributed by atoms with Gasteiger partial charge in [-0.25, -0.2) is 13.2 Å². The maximum absolute atomic E-state index is 11.6. The molecule has 0 bridgehead atoms. The third kappa shape index (κ3) is 6.93. The first-order valence-corrected chi connectivity index (χ1v) is 7.11. The summed E-state index contributed by atoms with van der Waals surface area (Å²) < 4.78 is 27.2. The molecule has 7 heteroatoms. The van der Waals surface area contributed by atoms with Crippen LogP contribution in [0.1, 0.15) is 20.8 Å². The number of amides is 1. The lowest BCUT2D eigenvalue weighted by molar-refractivity contribution is -0.111. The lowest BCUT2D eigenvalue weighted by atomic mass is 10.2. The molecule has 0 aromatic rings. The number of ether oxygens (including phenoxy) is 1. The fraction of sp³-hybridized carbons (Fsp3) is 0.800. The number of likely N-dealkylation sites (N-methyl/N-ethyl adjacent to an activating group) is 1. The van der Waals surface area contributed by atoms with Crippen LogP contribution < -0.4 is 0 Å². The molecular formula is C10H19NO5S. The predicted molar refractivity (Wildman–Crippen MR) is 63.6 cm³/mol. The zero-order valence-corrected chi connectivity index (χ0v) is 11.6. The Bertz CT molecular complexity index is 382. The minimum Gasteiger partial charge on any atom is -0.444 e. The third-order valence-corrected chi connectivity index (χ3v) is 2.76. The minimum absolute atomic E-state index is 0.410. The molecule has 0 aromatic heterocycles. The molecule has 0 rings (SSSR count). The third-order valence-electron chi connectivity index (χ3n) is 1.81. The molecule has 0 radical (unpaired) electrons. The topological polar surface area (TPSA) is 80.8 Å². The summed E-state index contributed by atoms with van der Waals surface area (Å²) in [5.74, 6) is -0.410. The van der Waals surface area contributed by atoms with Crippen LogP contribution in [0.4, 0.5) is 4.79 Å². The molecule has 1 unspecified atom stereocenters. The SMILES string of the molecule is CN(C(=O)OC(C)(C)C)C(C=O)CS(C)(=O)=O. The van der Waals surface area contributed by atoms with Crippen molar-refractivity contribution < 1.29 is 22.7 Å². The Balaban J connectivity index is 4.71. The van der Waals surface area contributed by atoms with Gasteiger partial charge in [0, 0.05) is 13.3 Å². The van der Waals surface area contributed by atoms with Gasteiger partial charge in [-0.05, 0) is 20.8 Å². The lowest BCUT2D eigenvalue weighted by Gasteiger charge is -2.27. The zero-order chi connectivity index (χ0) is 13.9. The van der Waals surface area contributed by atoms with Crippen LogP contribution in [0.5, 0.6) is 0 Å². The Labute approximate surface area is 102 Å². The van der Waals surface area contributed by atoms with E-state index in [4.69, 9.17) is 4.74 Å². The summed E-state index contributed by atoms with van der Waals surface area (Å²) in [6.07, 6.45) is 0.704. The Hall–Kier alpha value is -1.11. The van der Waals surface area contributed by atoms with Crippen LogP contribution >= 0.6 is 0 Å². The normalized spacial score (nSPS) is 13.9. The average Bonchev–Trinajstić information content (AvgIpc) is 2.08. The molecule has 0 aliphatic heterocycles. The fourth-order valence-corrected chi connectivity index (χ4v) is 1.94. The predicted octanol–water partition coefficient (Wildman–Crippen LogP) is 0.465. The number of carbonyl (C=O) groups is 2. The highest BCUT2D eigenvalue weighted by molar-refractivity contribution is 7.90. The summed E-state index contributed by atoms with van der Waals surface area (Å²) in [6.45, 7) is 5.06. The highest BCUT2D eigenvalue weighted by Crippen LogP contribution is 2.10. The fourth-order valence-electron chi connectivity index (χ4n) is 1.02. The van der Waals surface area contributed by atoms with Crippen molar-refractivity contribution in [1.82, 2.24) is 4.90 Å². The molecule has 0 aliphatic carbocycles. The molecule has 17 heavy (non-hydrogen) atoms. The molecule has 1 amide bonds. The van der Waals surface area contributed by atoms with Crippen molar-refractivity contribution in [2.24, 2.45) is 0 Å². The van der Waals surface area contributed by atoms with Gasteiger partial charge in [-0.2, -0.15) is 0 Å². The van der Waals surface area contributed by atoms with Crippen LogP contribution in [-0.2, 0) is 19.4 Å². The summed E-state index contributed by atoms with van der Waals surface area (Å²) in [5, 5.41) is 0. The highest BCUT2D eigenvalue weighted by atomic mass is 32.2. The van der Waals surface area contributed by atoms with Gasteiger partial charge in [-0.1, -0.05) is 0 Å².